The zero-order valence-electron chi connectivity index (χ0n) is 20.1. The molecular formula is C26H30F3N3O3. The van der Waals surface area contributed by atoms with E-state index in [-0.39, 0.29) is 30.7 Å². The van der Waals surface area contributed by atoms with Gasteiger partial charge in [0.05, 0.1) is 0 Å². The summed E-state index contributed by atoms with van der Waals surface area (Å²) in [6.07, 6.45) is -2.24. The molecule has 4 rings (SSSR count). The van der Waals surface area contributed by atoms with Crippen LogP contribution in [-0.2, 0) is 19.3 Å². The molecule has 0 unspecified atom stereocenters. The lowest BCUT2D eigenvalue weighted by atomic mass is 10.0. The topological polar surface area (TPSA) is 69.3 Å². The first-order valence-electron chi connectivity index (χ1n) is 11.9. The lowest BCUT2D eigenvalue weighted by molar-refractivity contribution is -0.141. The normalized spacial score (nSPS) is 13.9. The third-order valence-electron chi connectivity index (χ3n) is 5.98. The zero-order chi connectivity index (χ0) is 25.2. The van der Waals surface area contributed by atoms with E-state index >= 15 is 0 Å². The van der Waals surface area contributed by atoms with Crippen LogP contribution in [-0.4, -0.2) is 22.2 Å². The van der Waals surface area contributed by atoms with Crippen LogP contribution in [0.25, 0.3) is 0 Å². The molecule has 1 saturated carbocycles. The summed E-state index contributed by atoms with van der Waals surface area (Å²) in [5.41, 5.74) is 1.95. The predicted octanol–water partition coefficient (Wildman–Crippen LogP) is 6.20. The lowest BCUT2D eigenvalue weighted by Gasteiger charge is -2.14. The third kappa shape index (κ3) is 6.26. The number of ether oxygens (including phenoxy) is 1. The molecule has 35 heavy (non-hydrogen) atoms. The van der Waals surface area contributed by atoms with Gasteiger partial charge in [0.25, 0.3) is 5.91 Å². The average molecular weight is 490 g/mol. The maximum Gasteiger partial charge on any atom is 0.435 e. The molecule has 0 atom stereocenters. The molecule has 0 spiro atoms. The molecular weight excluding hydrogens is 459 g/mol. The molecule has 0 aliphatic heterocycles. The van der Waals surface area contributed by atoms with E-state index in [1.54, 1.807) is 12.1 Å². The molecule has 2 heterocycles. The minimum absolute atomic E-state index is 0.147. The summed E-state index contributed by atoms with van der Waals surface area (Å²) in [6.45, 7) is 6.98. The second-order valence-electron chi connectivity index (χ2n) is 9.31. The van der Waals surface area contributed by atoms with Gasteiger partial charge in [0.1, 0.15) is 18.1 Å². The molecule has 1 fully saturated rings. The fourth-order valence-electron chi connectivity index (χ4n) is 3.94. The van der Waals surface area contributed by atoms with Crippen molar-refractivity contribution in [3.63, 3.8) is 0 Å². The van der Waals surface area contributed by atoms with Crippen LogP contribution >= 0.6 is 0 Å². The van der Waals surface area contributed by atoms with E-state index in [4.69, 9.17) is 9.15 Å². The molecule has 0 saturated heterocycles. The second kappa shape index (κ2) is 10.2. The molecule has 1 amide bonds. The summed E-state index contributed by atoms with van der Waals surface area (Å²) in [4.78, 5) is 12.4. The number of halogens is 3. The number of furan rings is 1. The van der Waals surface area contributed by atoms with Crippen LogP contribution in [0, 0.1) is 6.92 Å². The Morgan fingerprint density at radius 3 is 2.69 bits per heavy atom. The van der Waals surface area contributed by atoms with Crippen LogP contribution in [0.1, 0.15) is 83.8 Å². The number of carbonyl (C=O) groups excluding carboxylic acids is 1. The Hall–Kier alpha value is -3.23. The third-order valence-corrected chi connectivity index (χ3v) is 5.98. The van der Waals surface area contributed by atoms with Crippen molar-refractivity contribution in [2.24, 2.45) is 0 Å². The number of benzene rings is 1. The van der Waals surface area contributed by atoms with Crippen LogP contribution in [0.5, 0.6) is 5.75 Å². The van der Waals surface area contributed by atoms with Crippen molar-refractivity contribution in [2.75, 3.05) is 6.54 Å². The van der Waals surface area contributed by atoms with E-state index in [0.29, 0.717) is 30.3 Å². The number of nitrogens with zero attached hydrogens (tertiary/aromatic N) is 2. The van der Waals surface area contributed by atoms with Crippen molar-refractivity contribution in [2.45, 2.75) is 71.2 Å². The van der Waals surface area contributed by atoms with Gasteiger partial charge in [-0.1, -0.05) is 26.0 Å². The van der Waals surface area contributed by atoms with E-state index in [0.717, 1.165) is 35.8 Å². The van der Waals surface area contributed by atoms with Crippen molar-refractivity contribution < 1.29 is 27.1 Å². The maximum atomic E-state index is 13.0. The number of aryl methyl sites for hydroxylation is 2. The Kier molecular flexibility index (Phi) is 7.23. The molecule has 3 aromatic rings. The Bertz CT molecular complexity index is 1180. The molecule has 1 N–H and O–H groups in total. The summed E-state index contributed by atoms with van der Waals surface area (Å²) in [5, 5.41) is 6.49. The second-order valence-corrected chi connectivity index (χ2v) is 9.31. The predicted molar refractivity (Wildman–Crippen MR) is 124 cm³/mol. The zero-order valence-corrected chi connectivity index (χ0v) is 20.1. The SMILES string of the molecule is Cc1ccc(C(C)C)c(OCc2ccc(C(=O)NCCCn3nc(C(F)(F)F)cc3C3CC3)o2)c1. The standard InChI is InChI=1S/C26H30F3N3O3/c1-16(2)20-9-5-17(3)13-23(20)34-15-19-8-10-22(35-19)25(33)30-11-4-12-32-21(18-6-7-18)14-24(31-32)26(27,28)29/h5,8-10,13-14,16,18H,4,6-7,11-12,15H2,1-3H3,(H,30,33). The van der Waals surface area contributed by atoms with Gasteiger partial charge in [-0.15, -0.1) is 0 Å². The van der Waals surface area contributed by atoms with Gasteiger partial charge >= 0.3 is 6.18 Å². The number of nitrogens with one attached hydrogen (secondary N) is 1. The van der Waals surface area contributed by atoms with Gasteiger partial charge < -0.3 is 14.5 Å². The van der Waals surface area contributed by atoms with Gasteiger partial charge in [-0.25, -0.2) is 0 Å². The van der Waals surface area contributed by atoms with E-state index in [1.165, 1.54) is 4.68 Å². The Morgan fingerprint density at radius 2 is 2.00 bits per heavy atom. The fraction of sp³-hybridized carbons (Fsp3) is 0.462. The number of amides is 1. The average Bonchev–Trinajstić information content (AvgIpc) is 3.35. The van der Waals surface area contributed by atoms with Gasteiger partial charge in [-0.3, -0.25) is 9.48 Å². The number of alkyl halides is 3. The van der Waals surface area contributed by atoms with Crippen LogP contribution < -0.4 is 10.1 Å². The van der Waals surface area contributed by atoms with E-state index in [1.807, 2.05) is 19.1 Å². The molecule has 9 heteroatoms. The molecule has 1 aliphatic rings. The largest absolute Gasteiger partial charge is 0.485 e. The van der Waals surface area contributed by atoms with Crippen molar-refractivity contribution in [3.05, 3.63) is 70.4 Å². The number of carbonyl (C=O) groups is 1. The maximum absolute atomic E-state index is 13.0. The molecule has 2 aromatic heterocycles. The quantitative estimate of drug-likeness (QED) is 0.344. The van der Waals surface area contributed by atoms with Crippen molar-refractivity contribution in [3.8, 4) is 5.75 Å². The smallest absolute Gasteiger partial charge is 0.435 e. The molecule has 1 aromatic carbocycles. The first kappa shape index (κ1) is 24.9. The van der Waals surface area contributed by atoms with E-state index in [2.05, 4.69) is 30.3 Å². The highest BCUT2D eigenvalue weighted by molar-refractivity contribution is 5.91. The highest BCUT2D eigenvalue weighted by Gasteiger charge is 2.37. The Labute approximate surface area is 202 Å². The molecule has 0 bridgehead atoms. The first-order chi connectivity index (χ1) is 16.6. The van der Waals surface area contributed by atoms with Crippen molar-refractivity contribution in [1.29, 1.82) is 0 Å². The van der Waals surface area contributed by atoms with Gasteiger partial charge in [0.15, 0.2) is 11.5 Å². The summed E-state index contributed by atoms with van der Waals surface area (Å²) >= 11 is 0. The Morgan fingerprint density at radius 1 is 1.23 bits per heavy atom. The molecule has 188 valence electrons. The van der Waals surface area contributed by atoms with Gasteiger partial charge in [-0.05, 0) is 67.5 Å². The van der Waals surface area contributed by atoms with Crippen molar-refractivity contribution >= 4 is 5.91 Å². The highest BCUT2D eigenvalue weighted by atomic mass is 19.4. The minimum Gasteiger partial charge on any atom is -0.485 e. The van der Waals surface area contributed by atoms with Crippen molar-refractivity contribution in [1.82, 2.24) is 15.1 Å². The van der Waals surface area contributed by atoms with Crippen LogP contribution in [0.3, 0.4) is 0 Å². The van der Waals surface area contributed by atoms with Crippen LogP contribution in [0.15, 0.2) is 40.8 Å². The first-order valence-corrected chi connectivity index (χ1v) is 11.9. The van der Waals surface area contributed by atoms with E-state index in [9.17, 15) is 18.0 Å². The molecule has 0 radical (unpaired) electrons. The van der Waals surface area contributed by atoms with Gasteiger partial charge in [-0.2, -0.15) is 18.3 Å². The minimum atomic E-state index is -4.46. The summed E-state index contributed by atoms with van der Waals surface area (Å²) in [7, 11) is 0. The Balaban J connectivity index is 1.27. The van der Waals surface area contributed by atoms with E-state index < -0.39 is 11.9 Å². The summed E-state index contributed by atoms with van der Waals surface area (Å²) in [5.74, 6) is 1.55. The number of hydrogen-bond donors (Lipinski definition) is 1. The lowest BCUT2D eigenvalue weighted by Crippen LogP contribution is -2.25. The number of aromatic nitrogens is 2. The summed E-state index contributed by atoms with van der Waals surface area (Å²) in [6, 6.07) is 10.5. The van der Waals surface area contributed by atoms with Gasteiger partial charge in [0.2, 0.25) is 0 Å². The molecule has 6 nitrogen and oxygen atoms in total. The van der Waals surface area contributed by atoms with Gasteiger partial charge in [0, 0.05) is 24.7 Å². The molecule has 1 aliphatic carbocycles. The van der Waals surface area contributed by atoms with Crippen LogP contribution in [0.2, 0.25) is 0 Å². The monoisotopic (exact) mass is 489 g/mol. The van der Waals surface area contributed by atoms with Crippen LogP contribution in [0.4, 0.5) is 13.2 Å². The summed E-state index contributed by atoms with van der Waals surface area (Å²) < 4.78 is 52.1. The number of rotatable bonds is 10. The number of hydrogen-bond acceptors (Lipinski definition) is 4. The fourth-order valence-corrected chi connectivity index (χ4v) is 3.94. The highest BCUT2D eigenvalue weighted by Crippen LogP contribution is 2.42.